The van der Waals surface area contributed by atoms with Gasteiger partial charge in [0.15, 0.2) is 0 Å². The average molecular weight is 320 g/mol. The molecule has 3 rings (SSSR count). The largest absolute Gasteiger partial charge is 0.462 e. The van der Waals surface area contributed by atoms with Crippen LogP contribution >= 0.6 is 0 Å². The fourth-order valence-electron chi connectivity index (χ4n) is 2.66. The molecule has 0 amide bonds. The standard InChI is InChI=1S/C20H20N2O2/c1-3-24-20(23)17-13-15-9-7-8-12-18(15)21-19(17)14-22(2)16-10-5-4-6-11-16/h4-13H,3,14H2,1-2H3. The Balaban J connectivity index is 2.00. The van der Waals surface area contributed by atoms with Gasteiger partial charge in [0.05, 0.1) is 29.9 Å². The summed E-state index contributed by atoms with van der Waals surface area (Å²) in [6, 6.07) is 19.7. The topological polar surface area (TPSA) is 42.4 Å². The summed E-state index contributed by atoms with van der Waals surface area (Å²) in [5.41, 5.74) is 3.20. The van der Waals surface area contributed by atoms with Gasteiger partial charge >= 0.3 is 5.97 Å². The van der Waals surface area contributed by atoms with E-state index in [0.29, 0.717) is 18.7 Å². The number of anilines is 1. The maximum atomic E-state index is 12.3. The van der Waals surface area contributed by atoms with Gasteiger partial charge in [0, 0.05) is 18.1 Å². The molecule has 0 atom stereocenters. The lowest BCUT2D eigenvalue weighted by Gasteiger charge is -2.20. The SMILES string of the molecule is CCOC(=O)c1cc2ccccc2nc1CN(C)c1ccccc1. The lowest BCUT2D eigenvalue weighted by molar-refractivity contribution is 0.0524. The number of rotatable bonds is 5. The molecule has 0 aliphatic heterocycles. The van der Waals surface area contributed by atoms with Crippen LogP contribution in [0.4, 0.5) is 5.69 Å². The molecule has 0 fully saturated rings. The van der Waals surface area contributed by atoms with Crippen molar-refractivity contribution in [2.75, 3.05) is 18.6 Å². The predicted molar refractivity (Wildman–Crippen MR) is 96.2 cm³/mol. The number of carbonyl (C=O) groups excluding carboxylic acids is 1. The Morgan fingerprint density at radius 1 is 1.08 bits per heavy atom. The van der Waals surface area contributed by atoms with Crippen molar-refractivity contribution in [1.82, 2.24) is 4.98 Å². The molecule has 24 heavy (non-hydrogen) atoms. The number of ether oxygens (including phenoxy) is 1. The van der Waals surface area contributed by atoms with Crippen LogP contribution in [0.25, 0.3) is 10.9 Å². The second-order valence-electron chi connectivity index (χ2n) is 5.59. The summed E-state index contributed by atoms with van der Waals surface area (Å²) in [5.74, 6) is -0.327. The van der Waals surface area contributed by atoms with Crippen molar-refractivity contribution in [1.29, 1.82) is 0 Å². The molecule has 4 heteroatoms. The van der Waals surface area contributed by atoms with Crippen LogP contribution in [-0.4, -0.2) is 24.6 Å². The van der Waals surface area contributed by atoms with E-state index in [9.17, 15) is 4.79 Å². The maximum absolute atomic E-state index is 12.3. The highest BCUT2D eigenvalue weighted by molar-refractivity contribution is 5.95. The molecule has 1 heterocycles. The molecule has 1 aromatic heterocycles. The van der Waals surface area contributed by atoms with E-state index < -0.39 is 0 Å². The number of para-hydroxylation sites is 2. The van der Waals surface area contributed by atoms with Crippen molar-refractivity contribution in [3.63, 3.8) is 0 Å². The number of benzene rings is 2. The van der Waals surface area contributed by atoms with Crippen molar-refractivity contribution in [3.05, 3.63) is 71.9 Å². The smallest absolute Gasteiger partial charge is 0.340 e. The molecule has 0 radical (unpaired) electrons. The number of hydrogen-bond acceptors (Lipinski definition) is 4. The molecular formula is C20H20N2O2. The third kappa shape index (κ3) is 3.38. The normalized spacial score (nSPS) is 10.6. The van der Waals surface area contributed by atoms with Crippen LogP contribution in [0.2, 0.25) is 0 Å². The van der Waals surface area contributed by atoms with E-state index in [0.717, 1.165) is 22.3 Å². The van der Waals surface area contributed by atoms with Gasteiger partial charge < -0.3 is 9.64 Å². The second kappa shape index (κ2) is 7.13. The van der Waals surface area contributed by atoms with Crippen molar-refractivity contribution in [3.8, 4) is 0 Å². The summed E-state index contributed by atoms with van der Waals surface area (Å²) in [6.07, 6.45) is 0. The second-order valence-corrected chi connectivity index (χ2v) is 5.59. The quantitative estimate of drug-likeness (QED) is 0.665. The molecule has 0 spiro atoms. The van der Waals surface area contributed by atoms with Crippen LogP contribution in [0.1, 0.15) is 23.0 Å². The molecule has 3 aromatic rings. The van der Waals surface area contributed by atoms with Gasteiger partial charge in [0.1, 0.15) is 0 Å². The number of hydrogen-bond donors (Lipinski definition) is 0. The summed E-state index contributed by atoms with van der Waals surface area (Å²) in [6.45, 7) is 2.69. The number of pyridine rings is 1. The van der Waals surface area contributed by atoms with Gasteiger partial charge in [-0.2, -0.15) is 0 Å². The Bertz CT molecular complexity index is 847. The van der Waals surface area contributed by atoms with Crippen molar-refractivity contribution in [2.45, 2.75) is 13.5 Å². The Labute approximate surface area is 141 Å². The van der Waals surface area contributed by atoms with Gasteiger partial charge in [-0.15, -0.1) is 0 Å². The third-order valence-corrected chi connectivity index (χ3v) is 3.88. The molecule has 4 nitrogen and oxygen atoms in total. The zero-order valence-electron chi connectivity index (χ0n) is 13.9. The summed E-state index contributed by atoms with van der Waals surface area (Å²) < 4.78 is 5.21. The van der Waals surface area contributed by atoms with E-state index in [1.165, 1.54) is 0 Å². The monoisotopic (exact) mass is 320 g/mol. The minimum absolute atomic E-state index is 0.327. The minimum atomic E-state index is -0.327. The summed E-state index contributed by atoms with van der Waals surface area (Å²) in [7, 11) is 1.99. The van der Waals surface area contributed by atoms with Gasteiger partial charge in [-0.1, -0.05) is 36.4 Å². The molecule has 0 saturated heterocycles. The van der Waals surface area contributed by atoms with E-state index in [1.54, 1.807) is 0 Å². The van der Waals surface area contributed by atoms with E-state index in [2.05, 4.69) is 4.90 Å². The molecule has 2 aromatic carbocycles. The van der Waals surface area contributed by atoms with Gasteiger partial charge in [0.2, 0.25) is 0 Å². The van der Waals surface area contributed by atoms with E-state index in [-0.39, 0.29) is 5.97 Å². The minimum Gasteiger partial charge on any atom is -0.462 e. The fraction of sp³-hybridized carbons (Fsp3) is 0.200. The zero-order chi connectivity index (χ0) is 16.9. The fourth-order valence-corrected chi connectivity index (χ4v) is 2.66. The van der Waals surface area contributed by atoms with Crippen LogP contribution in [-0.2, 0) is 11.3 Å². The van der Waals surface area contributed by atoms with Crippen molar-refractivity contribution in [2.24, 2.45) is 0 Å². The van der Waals surface area contributed by atoms with Crippen LogP contribution < -0.4 is 4.90 Å². The highest BCUT2D eigenvalue weighted by Gasteiger charge is 2.17. The first-order chi connectivity index (χ1) is 11.7. The van der Waals surface area contributed by atoms with Gasteiger partial charge in [-0.05, 0) is 31.2 Å². The zero-order valence-corrected chi connectivity index (χ0v) is 13.9. The number of nitrogens with zero attached hydrogens (tertiary/aromatic N) is 2. The van der Waals surface area contributed by atoms with Gasteiger partial charge in [-0.25, -0.2) is 4.79 Å². The van der Waals surface area contributed by atoms with Crippen LogP contribution in [0, 0.1) is 0 Å². The summed E-state index contributed by atoms with van der Waals surface area (Å²) in [5, 5.41) is 0.937. The highest BCUT2D eigenvalue weighted by Crippen LogP contribution is 2.21. The molecule has 0 bridgehead atoms. The molecule has 122 valence electrons. The van der Waals surface area contributed by atoms with Gasteiger partial charge in [0.25, 0.3) is 0 Å². The molecule has 0 aliphatic rings. The molecule has 0 unspecified atom stereocenters. The first kappa shape index (κ1) is 16.0. The highest BCUT2D eigenvalue weighted by atomic mass is 16.5. The maximum Gasteiger partial charge on any atom is 0.340 e. The Morgan fingerprint density at radius 2 is 1.79 bits per heavy atom. The Kier molecular flexibility index (Phi) is 4.75. The third-order valence-electron chi connectivity index (χ3n) is 3.88. The van der Waals surface area contributed by atoms with E-state index >= 15 is 0 Å². The molecule has 0 N–H and O–H groups in total. The summed E-state index contributed by atoms with van der Waals surface area (Å²) in [4.78, 5) is 19.1. The van der Waals surface area contributed by atoms with Crippen LogP contribution in [0.15, 0.2) is 60.7 Å². The first-order valence-corrected chi connectivity index (χ1v) is 8.01. The average Bonchev–Trinajstić information content (AvgIpc) is 2.62. The van der Waals surface area contributed by atoms with E-state index in [4.69, 9.17) is 9.72 Å². The summed E-state index contributed by atoms with van der Waals surface area (Å²) >= 11 is 0. The lowest BCUT2D eigenvalue weighted by atomic mass is 10.1. The molecular weight excluding hydrogens is 300 g/mol. The number of carbonyl (C=O) groups is 1. The first-order valence-electron chi connectivity index (χ1n) is 8.01. The Hall–Kier alpha value is -2.88. The van der Waals surface area contributed by atoms with Crippen LogP contribution in [0.5, 0.6) is 0 Å². The lowest BCUT2D eigenvalue weighted by Crippen LogP contribution is -2.20. The van der Waals surface area contributed by atoms with Crippen LogP contribution in [0.3, 0.4) is 0 Å². The number of aromatic nitrogens is 1. The van der Waals surface area contributed by atoms with Gasteiger partial charge in [-0.3, -0.25) is 4.98 Å². The predicted octanol–water partition coefficient (Wildman–Crippen LogP) is 4.05. The van der Waals surface area contributed by atoms with Crippen molar-refractivity contribution >= 4 is 22.6 Å². The van der Waals surface area contributed by atoms with Crippen molar-refractivity contribution < 1.29 is 9.53 Å². The molecule has 0 saturated carbocycles. The van der Waals surface area contributed by atoms with E-state index in [1.807, 2.05) is 74.6 Å². The molecule has 0 aliphatic carbocycles. The number of fused-ring (bicyclic) bond motifs is 1. The number of esters is 1. The Morgan fingerprint density at radius 3 is 2.54 bits per heavy atom.